The van der Waals surface area contributed by atoms with Crippen LogP contribution in [0.5, 0.6) is 0 Å². The van der Waals surface area contributed by atoms with Crippen LogP contribution in [0.4, 0.5) is 0 Å². The molecule has 0 unspecified atom stereocenters. The maximum atomic E-state index is 12.2. The van der Waals surface area contributed by atoms with Gasteiger partial charge in [0.25, 0.3) is 5.91 Å². The smallest absolute Gasteiger partial charge is 0.251 e. The second kappa shape index (κ2) is 7.25. The van der Waals surface area contributed by atoms with Crippen LogP contribution in [0.1, 0.15) is 34.5 Å². The monoisotopic (exact) mass is 302 g/mol. The van der Waals surface area contributed by atoms with E-state index in [4.69, 9.17) is 17.3 Å². The molecule has 0 fully saturated rings. The maximum absolute atomic E-state index is 12.2. The lowest BCUT2D eigenvalue weighted by molar-refractivity contribution is 0.0940. The summed E-state index contributed by atoms with van der Waals surface area (Å²) in [5.74, 6) is -0.0863. The van der Waals surface area contributed by atoms with Crippen molar-refractivity contribution in [3.05, 3.63) is 70.2 Å². The normalized spacial score (nSPS) is 12.0. The Kier molecular flexibility index (Phi) is 5.37. The summed E-state index contributed by atoms with van der Waals surface area (Å²) in [6, 6.07) is 14.9. The molecular formula is C17H19ClN2O. The van der Waals surface area contributed by atoms with Crippen LogP contribution in [-0.2, 0) is 6.42 Å². The molecule has 0 saturated heterocycles. The number of benzene rings is 2. The van der Waals surface area contributed by atoms with Crippen LogP contribution in [0.3, 0.4) is 0 Å². The number of hydrogen-bond acceptors (Lipinski definition) is 2. The average Bonchev–Trinajstić information content (AvgIpc) is 2.49. The highest BCUT2D eigenvalue weighted by atomic mass is 35.5. The number of carbonyl (C=O) groups excluding carboxylic acids is 1. The molecule has 21 heavy (non-hydrogen) atoms. The number of nitrogens with two attached hydrogens (primary N) is 1. The first-order chi connectivity index (χ1) is 10.1. The van der Waals surface area contributed by atoms with E-state index in [0.29, 0.717) is 17.1 Å². The lowest BCUT2D eigenvalue weighted by Gasteiger charge is -2.14. The summed E-state index contributed by atoms with van der Waals surface area (Å²) >= 11 is 5.86. The lowest BCUT2D eigenvalue weighted by Crippen LogP contribution is -2.26. The van der Waals surface area contributed by atoms with Gasteiger partial charge in [-0.15, -0.1) is 0 Å². The molecule has 0 bridgehead atoms. The largest absolute Gasteiger partial charge is 0.346 e. The van der Waals surface area contributed by atoms with Crippen molar-refractivity contribution in [2.75, 3.05) is 6.54 Å². The minimum atomic E-state index is -0.0863. The number of hydrogen-bond donors (Lipinski definition) is 2. The first-order valence-electron chi connectivity index (χ1n) is 6.95. The van der Waals surface area contributed by atoms with Gasteiger partial charge in [0.15, 0.2) is 0 Å². The Labute approximate surface area is 130 Å². The van der Waals surface area contributed by atoms with Crippen molar-refractivity contribution >= 4 is 17.5 Å². The van der Waals surface area contributed by atoms with E-state index in [1.165, 1.54) is 0 Å². The second-order valence-corrected chi connectivity index (χ2v) is 5.42. The van der Waals surface area contributed by atoms with Crippen LogP contribution in [0.25, 0.3) is 0 Å². The zero-order chi connectivity index (χ0) is 15.2. The fourth-order valence-corrected chi connectivity index (χ4v) is 2.23. The quantitative estimate of drug-likeness (QED) is 0.890. The van der Waals surface area contributed by atoms with E-state index in [1.54, 1.807) is 0 Å². The van der Waals surface area contributed by atoms with Gasteiger partial charge in [0.2, 0.25) is 0 Å². The zero-order valence-corrected chi connectivity index (χ0v) is 12.7. The number of halogens is 1. The zero-order valence-electron chi connectivity index (χ0n) is 12.0. The molecule has 1 amide bonds. The van der Waals surface area contributed by atoms with Gasteiger partial charge < -0.3 is 11.1 Å². The predicted molar refractivity (Wildman–Crippen MR) is 86.5 cm³/mol. The van der Waals surface area contributed by atoms with Gasteiger partial charge in [-0.25, -0.2) is 0 Å². The number of nitrogens with one attached hydrogen (secondary N) is 1. The van der Waals surface area contributed by atoms with Gasteiger partial charge >= 0.3 is 0 Å². The van der Waals surface area contributed by atoms with Gasteiger partial charge in [-0.3, -0.25) is 4.79 Å². The van der Waals surface area contributed by atoms with E-state index in [9.17, 15) is 4.79 Å². The van der Waals surface area contributed by atoms with Crippen LogP contribution in [0.15, 0.2) is 48.5 Å². The third-order valence-electron chi connectivity index (χ3n) is 3.37. The van der Waals surface area contributed by atoms with Crippen molar-refractivity contribution in [3.8, 4) is 0 Å². The van der Waals surface area contributed by atoms with Gasteiger partial charge in [0.05, 0.1) is 6.04 Å². The lowest BCUT2D eigenvalue weighted by atomic mass is 10.1. The summed E-state index contributed by atoms with van der Waals surface area (Å²) < 4.78 is 0. The van der Waals surface area contributed by atoms with E-state index >= 15 is 0 Å². The highest BCUT2D eigenvalue weighted by Gasteiger charge is 2.11. The molecule has 2 rings (SSSR count). The van der Waals surface area contributed by atoms with Crippen LogP contribution in [-0.4, -0.2) is 12.5 Å². The summed E-state index contributed by atoms with van der Waals surface area (Å²) in [6.07, 6.45) is 0.822. The fourth-order valence-electron chi connectivity index (χ4n) is 2.10. The van der Waals surface area contributed by atoms with E-state index < -0.39 is 0 Å². The highest BCUT2D eigenvalue weighted by Crippen LogP contribution is 2.16. The molecular weight excluding hydrogens is 284 g/mol. The molecule has 0 aliphatic rings. The molecule has 3 N–H and O–H groups in total. The number of carbonyl (C=O) groups is 1. The first-order valence-corrected chi connectivity index (χ1v) is 7.33. The van der Waals surface area contributed by atoms with Gasteiger partial charge in [0, 0.05) is 10.6 Å². The Balaban J connectivity index is 2.01. The molecule has 3 nitrogen and oxygen atoms in total. The fraction of sp³-hybridized carbons (Fsp3) is 0.235. The van der Waals surface area contributed by atoms with Gasteiger partial charge in [-0.05, 0) is 55.3 Å². The van der Waals surface area contributed by atoms with E-state index in [0.717, 1.165) is 17.5 Å². The Morgan fingerprint density at radius 1 is 1.14 bits per heavy atom. The second-order valence-electron chi connectivity index (χ2n) is 4.98. The molecule has 2 aromatic rings. The minimum Gasteiger partial charge on any atom is -0.346 e. The molecule has 0 aromatic heterocycles. The van der Waals surface area contributed by atoms with Crippen molar-refractivity contribution < 1.29 is 4.79 Å². The molecule has 0 radical (unpaired) electrons. The van der Waals surface area contributed by atoms with Crippen molar-refractivity contribution in [1.82, 2.24) is 5.32 Å². The van der Waals surface area contributed by atoms with Crippen molar-refractivity contribution in [3.63, 3.8) is 0 Å². The van der Waals surface area contributed by atoms with Gasteiger partial charge in [-0.1, -0.05) is 35.9 Å². The molecule has 0 aliphatic carbocycles. The predicted octanol–water partition coefficient (Wildman–Crippen LogP) is 3.33. The van der Waals surface area contributed by atoms with E-state index in [2.05, 4.69) is 5.32 Å². The summed E-state index contributed by atoms with van der Waals surface area (Å²) in [6.45, 7) is 2.56. The molecule has 0 spiro atoms. The standard InChI is InChI=1S/C17H19ClN2O/c1-12(14-6-8-16(18)9-7-14)20-17(21)15-4-2-13(3-5-15)10-11-19/h2-9,12H,10-11,19H2,1H3,(H,20,21)/t12-/m1/s1. The average molecular weight is 303 g/mol. The third kappa shape index (κ3) is 4.31. The summed E-state index contributed by atoms with van der Waals surface area (Å²) in [5, 5.41) is 3.66. The summed E-state index contributed by atoms with van der Waals surface area (Å²) in [7, 11) is 0. The third-order valence-corrected chi connectivity index (χ3v) is 3.62. The SMILES string of the molecule is C[C@@H](NC(=O)c1ccc(CCN)cc1)c1ccc(Cl)cc1. The van der Waals surface area contributed by atoms with E-state index in [1.807, 2.05) is 55.5 Å². The summed E-state index contributed by atoms with van der Waals surface area (Å²) in [4.78, 5) is 12.2. The van der Waals surface area contributed by atoms with Crippen molar-refractivity contribution in [2.24, 2.45) is 5.73 Å². The maximum Gasteiger partial charge on any atom is 0.251 e. The van der Waals surface area contributed by atoms with Crippen molar-refractivity contribution in [1.29, 1.82) is 0 Å². The molecule has 1 atom stereocenters. The number of rotatable bonds is 5. The van der Waals surface area contributed by atoms with Crippen LogP contribution in [0, 0.1) is 0 Å². The van der Waals surface area contributed by atoms with Gasteiger partial charge in [0.1, 0.15) is 0 Å². The van der Waals surface area contributed by atoms with Crippen LogP contribution >= 0.6 is 11.6 Å². The first kappa shape index (κ1) is 15.5. The Morgan fingerprint density at radius 2 is 1.76 bits per heavy atom. The molecule has 0 heterocycles. The number of amides is 1. The summed E-state index contributed by atoms with van der Waals surface area (Å²) in [5.41, 5.74) is 8.32. The minimum absolute atomic E-state index is 0.0708. The molecule has 0 saturated carbocycles. The highest BCUT2D eigenvalue weighted by molar-refractivity contribution is 6.30. The Hall–Kier alpha value is -1.84. The Bertz CT molecular complexity index is 593. The van der Waals surface area contributed by atoms with Crippen molar-refractivity contribution in [2.45, 2.75) is 19.4 Å². The molecule has 0 aliphatic heterocycles. The Morgan fingerprint density at radius 3 is 2.33 bits per heavy atom. The van der Waals surface area contributed by atoms with Crippen LogP contribution < -0.4 is 11.1 Å². The van der Waals surface area contributed by atoms with E-state index in [-0.39, 0.29) is 11.9 Å². The molecule has 4 heteroatoms. The van der Waals surface area contributed by atoms with Gasteiger partial charge in [-0.2, -0.15) is 0 Å². The molecule has 110 valence electrons. The molecule has 2 aromatic carbocycles. The van der Waals surface area contributed by atoms with Crippen LogP contribution in [0.2, 0.25) is 5.02 Å². The topological polar surface area (TPSA) is 55.1 Å².